The molecule has 3 aromatic heterocycles. The number of pyridine rings is 1. The third kappa shape index (κ3) is 3.78. The van der Waals surface area contributed by atoms with Crippen LogP contribution in [0.25, 0.3) is 10.2 Å². The molecule has 5 nitrogen and oxygen atoms in total. The summed E-state index contributed by atoms with van der Waals surface area (Å²) < 4.78 is 14.8. The Balaban J connectivity index is 1.37. The Morgan fingerprint density at radius 3 is 2.87 bits per heavy atom. The number of thiophene rings is 1. The van der Waals surface area contributed by atoms with E-state index in [1.807, 2.05) is 12.3 Å². The van der Waals surface area contributed by atoms with Gasteiger partial charge in [-0.25, -0.2) is 9.37 Å². The summed E-state index contributed by atoms with van der Waals surface area (Å²) in [5.74, 6) is -0.279. The van der Waals surface area contributed by atoms with Gasteiger partial charge < -0.3 is 5.32 Å². The van der Waals surface area contributed by atoms with E-state index >= 15 is 0 Å². The summed E-state index contributed by atoms with van der Waals surface area (Å²) in [6, 6.07) is 10.6. The van der Waals surface area contributed by atoms with Crippen molar-refractivity contribution in [1.82, 2.24) is 19.9 Å². The monoisotopic (exact) mass is 420 g/mol. The van der Waals surface area contributed by atoms with Gasteiger partial charge in [0.2, 0.25) is 0 Å². The van der Waals surface area contributed by atoms with Crippen LogP contribution in [0, 0.1) is 5.82 Å². The Bertz CT molecular complexity index is 1230. The maximum Gasteiger partial charge on any atom is 0.262 e. The van der Waals surface area contributed by atoms with Crippen molar-refractivity contribution in [2.75, 3.05) is 0 Å². The molecule has 0 radical (unpaired) electrons. The molecule has 1 aromatic carbocycles. The largest absolute Gasteiger partial charge is 0.309 e. The van der Waals surface area contributed by atoms with Crippen LogP contribution >= 0.6 is 11.3 Å². The van der Waals surface area contributed by atoms with Crippen molar-refractivity contribution < 1.29 is 4.39 Å². The molecular weight excluding hydrogens is 399 g/mol. The van der Waals surface area contributed by atoms with Gasteiger partial charge in [-0.05, 0) is 54.2 Å². The van der Waals surface area contributed by atoms with Crippen molar-refractivity contribution in [2.45, 2.75) is 38.4 Å². The van der Waals surface area contributed by atoms with E-state index in [0.29, 0.717) is 12.6 Å². The van der Waals surface area contributed by atoms with Crippen LogP contribution in [0.5, 0.6) is 0 Å². The molecule has 0 spiro atoms. The summed E-state index contributed by atoms with van der Waals surface area (Å²) >= 11 is 1.63. The minimum Gasteiger partial charge on any atom is -0.309 e. The van der Waals surface area contributed by atoms with Gasteiger partial charge in [-0.1, -0.05) is 18.2 Å². The van der Waals surface area contributed by atoms with Crippen LogP contribution in [0.3, 0.4) is 0 Å². The highest BCUT2D eigenvalue weighted by Crippen LogP contribution is 2.33. The smallest absolute Gasteiger partial charge is 0.262 e. The molecule has 0 amide bonds. The van der Waals surface area contributed by atoms with Crippen LogP contribution in [0.4, 0.5) is 4.39 Å². The summed E-state index contributed by atoms with van der Waals surface area (Å²) in [4.78, 5) is 23.9. The summed E-state index contributed by atoms with van der Waals surface area (Å²) in [5, 5.41) is 4.37. The molecule has 0 saturated heterocycles. The number of benzene rings is 1. The van der Waals surface area contributed by atoms with E-state index < -0.39 is 0 Å². The highest BCUT2D eigenvalue weighted by Gasteiger charge is 2.25. The molecule has 0 aliphatic heterocycles. The van der Waals surface area contributed by atoms with E-state index in [-0.39, 0.29) is 11.4 Å². The zero-order valence-corrected chi connectivity index (χ0v) is 17.2. The lowest BCUT2D eigenvalue weighted by molar-refractivity contribution is 0.462. The van der Waals surface area contributed by atoms with Crippen LogP contribution in [0.15, 0.2) is 59.9 Å². The first-order valence-corrected chi connectivity index (χ1v) is 10.9. The van der Waals surface area contributed by atoms with E-state index in [4.69, 9.17) is 0 Å². The number of fused-ring (bicyclic) bond motifs is 3. The van der Waals surface area contributed by atoms with E-state index in [2.05, 4.69) is 21.4 Å². The van der Waals surface area contributed by atoms with Crippen molar-refractivity contribution in [3.05, 3.63) is 92.9 Å². The zero-order chi connectivity index (χ0) is 20.5. The maximum atomic E-state index is 13.2. The number of aryl methyl sites for hydroxylation is 1. The predicted octanol–water partition coefficient (Wildman–Crippen LogP) is 3.69. The second-order valence-corrected chi connectivity index (χ2v) is 8.75. The number of rotatable bonds is 5. The second kappa shape index (κ2) is 8.08. The summed E-state index contributed by atoms with van der Waals surface area (Å²) in [5.41, 5.74) is 3.19. The molecule has 7 heteroatoms. The zero-order valence-electron chi connectivity index (χ0n) is 16.3. The van der Waals surface area contributed by atoms with Gasteiger partial charge in [-0.2, -0.15) is 0 Å². The fourth-order valence-corrected chi connectivity index (χ4v) is 5.30. The molecule has 0 bridgehead atoms. The average Bonchev–Trinajstić information content (AvgIpc) is 3.15. The molecule has 30 heavy (non-hydrogen) atoms. The highest BCUT2D eigenvalue weighted by molar-refractivity contribution is 7.18. The lowest BCUT2D eigenvalue weighted by Crippen LogP contribution is -2.33. The molecule has 1 aliphatic carbocycles. The number of hydrogen-bond donors (Lipinski definition) is 1. The predicted molar refractivity (Wildman–Crippen MR) is 116 cm³/mol. The quantitative estimate of drug-likeness (QED) is 0.535. The van der Waals surface area contributed by atoms with Gasteiger partial charge in [-0.15, -0.1) is 11.3 Å². The lowest BCUT2D eigenvalue weighted by Gasteiger charge is -2.23. The van der Waals surface area contributed by atoms with Gasteiger partial charge in [0, 0.05) is 29.9 Å². The molecule has 152 valence electrons. The van der Waals surface area contributed by atoms with Crippen LogP contribution in [-0.4, -0.2) is 20.6 Å². The average molecular weight is 421 g/mol. The minimum atomic E-state index is -0.279. The Hall–Kier alpha value is -2.90. The van der Waals surface area contributed by atoms with E-state index in [1.165, 1.54) is 22.6 Å². The van der Waals surface area contributed by atoms with Gasteiger partial charge >= 0.3 is 0 Å². The van der Waals surface area contributed by atoms with Crippen LogP contribution < -0.4 is 10.9 Å². The van der Waals surface area contributed by atoms with Crippen molar-refractivity contribution in [1.29, 1.82) is 0 Å². The molecule has 1 aliphatic rings. The highest BCUT2D eigenvalue weighted by atomic mass is 32.1. The molecule has 4 aromatic rings. The normalized spacial score (nSPS) is 16.0. The fourth-order valence-electron chi connectivity index (χ4n) is 4.04. The molecule has 3 heterocycles. The molecular formula is C23H21FN4OS. The number of aromatic nitrogens is 3. The molecule has 1 atom stereocenters. The Kier molecular flexibility index (Phi) is 5.14. The third-order valence-corrected chi connectivity index (χ3v) is 6.78. The Morgan fingerprint density at radius 2 is 2.07 bits per heavy atom. The number of hydrogen-bond acceptors (Lipinski definition) is 5. The van der Waals surface area contributed by atoms with Crippen molar-refractivity contribution in [3.63, 3.8) is 0 Å². The SMILES string of the molecule is O=c1c2c3c(sc2ncn1Cc1ccc(F)cc1)C[C@@H](NCc1cccnc1)CC3. The molecule has 0 saturated carbocycles. The second-order valence-electron chi connectivity index (χ2n) is 7.67. The van der Waals surface area contributed by atoms with E-state index in [0.717, 1.165) is 47.2 Å². The topological polar surface area (TPSA) is 59.8 Å². The maximum absolute atomic E-state index is 13.2. The third-order valence-electron chi connectivity index (χ3n) is 5.62. The van der Waals surface area contributed by atoms with E-state index in [1.54, 1.807) is 40.6 Å². The van der Waals surface area contributed by atoms with E-state index in [9.17, 15) is 9.18 Å². The Labute approximate surface area is 177 Å². The molecule has 0 fully saturated rings. The summed E-state index contributed by atoms with van der Waals surface area (Å²) in [6.07, 6.45) is 8.04. The van der Waals surface area contributed by atoms with Gasteiger partial charge in [0.15, 0.2) is 0 Å². The number of nitrogens with zero attached hydrogens (tertiary/aromatic N) is 3. The minimum absolute atomic E-state index is 0.0106. The first kappa shape index (κ1) is 19.1. The number of halogens is 1. The fraction of sp³-hybridized carbons (Fsp3) is 0.261. The first-order valence-electron chi connectivity index (χ1n) is 10.0. The lowest BCUT2D eigenvalue weighted by atomic mass is 9.93. The van der Waals surface area contributed by atoms with Crippen LogP contribution in [0.2, 0.25) is 0 Å². The van der Waals surface area contributed by atoms with Gasteiger partial charge in [-0.3, -0.25) is 14.3 Å². The molecule has 1 N–H and O–H groups in total. The summed E-state index contributed by atoms with van der Waals surface area (Å²) in [7, 11) is 0. The standard InChI is InChI=1S/C23H21FN4OS/c24-17-5-3-15(4-6-17)13-28-14-27-22-21(23(28)29)19-8-7-18(10-20(19)30-22)26-12-16-2-1-9-25-11-16/h1-6,9,11,14,18,26H,7-8,10,12-13H2/t18-/m0/s1. The van der Waals surface area contributed by atoms with Gasteiger partial charge in [0.25, 0.3) is 5.56 Å². The number of nitrogens with one attached hydrogen (secondary N) is 1. The van der Waals surface area contributed by atoms with Crippen LogP contribution in [0.1, 0.15) is 28.0 Å². The Morgan fingerprint density at radius 1 is 1.20 bits per heavy atom. The van der Waals surface area contributed by atoms with Gasteiger partial charge in [0.05, 0.1) is 18.3 Å². The first-order chi connectivity index (χ1) is 14.7. The van der Waals surface area contributed by atoms with Crippen molar-refractivity contribution >= 4 is 21.6 Å². The molecule has 0 unspecified atom stereocenters. The van der Waals surface area contributed by atoms with Crippen molar-refractivity contribution in [2.24, 2.45) is 0 Å². The van der Waals surface area contributed by atoms with Crippen molar-refractivity contribution in [3.8, 4) is 0 Å². The summed E-state index contributed by atoms with van der Waals surface area (Å²) in [6.45, 7) is 1.18. The van der Waals surface area contributed by atoms with Gasteiger partial charge in [0.1, 0.15) is 10.6 Å². The van der Waals surface area contributed by atoms with Crippen LogP contribution in [-0.2, 0) is 25.9 Å². The molecule has 5 rings (SSSR count).